The van der Waals surface area contributed by atoms with Crippen molar-refractivity contribution in [2.75, 3.05) is 18.9 Å². The molecule has 0 radical (unpaired) electrons. The number of thiazole rings is 1. The van der Waals surface area contributed by atoms with E-state index in [4.69, 9.17) is 0 Å². The average molecular weight is 304 g/mol. The van der Waals surface area contributed by atoms with Crippen molar-refractivity contribution in [3.63, 3.8) is 0 Å². The fourth-order valence-corrected chi connectivity index (χ4v) is 2.46. The van der Waals surface area contributed by atoms with E-state index < -0.39 is 0 Å². The van der Waals surface area contributed by atoms with Gasteiger partial charge in [-0.2, -0.15) is 0 Å². The molecule has 0 bridgehead atoms. The molecule has 1 aromatic heterocycles. The molecule has 21 heavy (non-hydrogen) atoms. The number of nitrogens with one attached hydrogen (secondary N) is 3. The smallest absolute Gasteiger partial charge is 0.319 e. The Kier molecular flexibility index (Phi) is 5.71. The Morgan fingerprint density at radius 2 is 2.10 bits per heavy atom. The maximum atomic E-state index is 11.8. The Labute approximate surface area is 128 Å². The molecule has 1 atom stereocenters. The molecular formula is C15H20N4OS. The number of benzene rings is 1. The van der Waals surface area contributed by atoms with Crippen molar-refractivity contribution in [3.05, 3.63) is 46.4 Å². The summed E-state index contributed by atoms with van der Waals surface area (Å²) in [4.78, 5) is 15.9. The van der Waals surface area contributed by atoms with E-state index in [1.807, 2.05) is 36.7 Å². The Hall–Kier alpha value is -1.92. The summed E-state index contributed by atoms with van der Waals surface area (Å²) in [5, 5.41) is 10.8. The summed E-state index contributed by atoms with van der Waals surface area (Å²) in [6.45, 7) is 2.66. The number of carbonyl (C=O) groups is 1. The van der Waals surface area contributed by atoms with Gasteiger partial charge < -0.3 is 16.0 Å². The number of aromatic nitrogens is 1. The van der Waals surface area contributed by atoms with Gasteiger partial charge in [-0.1, -0.05) is 12.1 Å². The number of rotatable bonds is 6. The summed E-state index contributed by atoms with van der Waals surface area (Å²) in [5.41, 5.74) is 4.77. The van der Waals surface area contributed by atoms with Gasteiger partial charge in [-0.3, -0.25) is 0 Å². The van der Waals surface area contributed by atoms with E-state index in [0.717, 1.165) is 17.8 Å². The number of carbonyl (C=O) groups excluding carboxylic acids is 1. The second kappa shape index (κ2) is 7.75. The number of anilines is 1. The molecule has 0 saturated heterocycles. The third-order valence-electron chi connectivity index (χ3n) is 3.25. The molecular weight excluding hydrogens is 284 g/mol. The van der Waals surface area contributed by atoms with E-state index in [9.17, 15) is 4.79 Å². The highest BCUT2D eigenvalue weighted by molar-refractivity contribution is 7.07. The summed E-state index contributed by atoms with van der Waals surface area (Å²) in [5.74, 6) is 0. The van der Waals surface area contributed by atoms with Gasteiger partial charge in [-0.15, -0.1) is 11.3 Å². The van der Waals surface area contributed by atoms with Crippen molar-refractivity contribution < 1.29 is 4.79 Å². The highest BCUT2D eigenvalue weighted by Gasteiger charge is 2.04. The van der Waals surface area contributed by atoms with Gasteiger partial charge in [0.05, 0.1) is 11.2 Å². The zero-order chi connectivity index (χ0) is 15.1. The Morgan fingerprint density at radius 3 is 2.71 bits per heavy atom. The van der Waals surface area contributed by atoms with E-state index in [-0.39, 0.29) is 6.03 Å². The molecule has 2 amide bonds. The van der Waals surface area contributed by atoms with Crippen LogP contribution in [-0.2, 0) is 6.42 Å². The fourth-order valence-electron chi connectivity index (χ4n) is 1.86. The van der Waals surface area contributed by atoms with Crippen LogP contribution in [0.1, 0.15) is 24.2 Å². The molecule has 0 spiro atoms. The molecule has 0 saturated carbocycles. The van der Waals surface area contributed by atoms with Crippen molar-refractivity contribution in [2.45, 2.75) is 19.4 Å². The molecule has 0 aliphatic carbocycles. The van der Waals surface area contributed by atoms with Crippen LogP contribution in [0.3, 0.4) is 0 Å². The van der Waals surface area contributed by atoms with Crippen molar-refractivity contribution in [1.29, 1.82) is 0 Å². The van der Waals surface area contributed by atoms with Crippen LogP contribution in [0.2, 0.25) is 0 Å². The Bertz CT molecular complexity index is 554. The fraction of sp³-hybridized carbons (Fsp3) is 0.333. The van der Waals surface area contributed by atoms with E-state index in [2.05, 4.69) is 27.9 Å². The van der Waals surface area contributed by atoms with Gasteiger partial charge >= 0.3 is 6.03 Å². The summed E-state index contributed by atoms with van der Waals surface area (Å²) in [6.07, 6.45) is 0.746. The monoisotopic (exact) mass is 304 g/mol. The van der Waals surface area contributed by atoms with Crippen molar-refractivity contribution in [1.82, 2.24) is 15.6 Å². The summed E-state index contributed by atoms with van der Waals surface area (Å²) >= 11 is 1.56. The van der Waals surface area contributed by atoms with Crippen LogP contribution >= 0.6 is 11.3 Å². The van der Waals surface area contributed by atoms with Crippen LogP contribution in [0, 0.1) is 0 Å². The molecule has 0 fully saturated rings. The normalized spacial score (nSPS) is 11.9. The standard InChI is InChI=1S/C15H20N4OS/c1-11(16-2)12-3-5-13(6-4-12)19-15(20)17-8-7-14-9-21-10-18-14/h3-6,9-11,16H,7-8H2,1-2H3,(H2,17,19,20). The van der Waals surface area contributed by atoms with Crippen LogP contribution in [-0.4, -0.2) is 24.6 Å². The number of amides is 2. The number of urea groups is 1. The highest BCUT2D eigenvalue weighted by Crippen LogP contribution is 2.15. The van der Waals surface area contributed by atoms with Crippen LogP contribution in [0.4, 0.5) is 10.5 Å². The first-order valence-electron chi connectivity index (χ1n) is 6.88. The third-order valence-corrected chi connectivity index (χ3v) is 3.89. The first-order valence-corrected chi connectivity index (χ1v) is 7.82. The van der Waals surface area contributed by atoms with Crippen LogP contribution < -0.4 is 16.0 Å². The van der Waals surface area contributed by atoms with Crippen molar-refractivity contribution >= 4 is 23.1 Å². The number of hydrogen-bond acceptors (Lipinski definition) is 4. The predicted octanol–water partition coefficient (Wildman–Crippen LogP) is 2.79. The highest BCUT2D eigenvalue weighted by atomic mass is 32.1. The quantitative estimate of drug-likeness (QED) is 0.769. The molecule has 3 N–H and O–H groups in total. The molecule has 5 nitrogen and oxygen atoms in total. The molecule has 2 aromatic rings. The topological polar surface area (TPSA) is 66.0 Å². The zero-order valence-corrected chi connectivity index (χ0v) is 13.0. The maximum absolute atomic E-state index is 11.8. The van der Waals surface area contributed by atoms with Crippen LogP contribution in [0.5, 0.6) is 0 Å². The molecule has 6 heteroatoms. The molecule has 1 aromatic carbocycles. The van der Waals surface area contributed by atoms with Gasteiger partial charge in [-0.25, -0.2) is 9.78 Å². The van der Waals surface area contributed by atoms with Gasteiger partial charge in [0.1, 0.15) is 0 Å². The van der Waals surface area contributed by atoms with Gasteiger partial charge in [0.15, 0.2) is 0 Å². The molecule has 1 heterocycles. The lowest BCUT2D eigenvalue weighted by Gasteiger charge is -2.12. The average Bonchev–Trinajstić information content (AvgIpc) is 3.00. The largest absolute Gasteiger partial charge is 0.337 e. The van der Waals surface area contributed by atoms with E-state index in [1.54, 1.807) is 16.8 Å². The van der Waals surface area contributed by atoms with Gasteiger partial charge in [0.25, 0.3) is 0 Å². The first-order chi connectivity index (χ1) is 10.2. The second-order valence-electron chi connectivity index (χ2n) is 4.74. The Balaban J connectivity index is 1.77. The number of nitrogens with zero attached hydrogens (tertiary/aromatic N) is 1. The number of hydrogen-bond donors (Lipinski definition) is 3. The van der Waals surface area contributed by atoms with Crippen molar-refractivity contribution in [2.24, 2.45) is 0 Å². The minimum atomic E-state index is -0.195. The van der Waals surface area contributed by atoms with E-state index in [1.165, 1.54) is 5.56 Å². The lowest BCUT2D eigenvalue weighted by atomic mass is 10.1. The maximum Gasteiger partial charge on any atom is 0.319 e. The SMILES string of the molecule is CNC(C)c1ccc(NC(=O)NCCc2cscn2)cc1. The lowest BCUT2D eigenvalue weighted by molar-refractivity contribution is 0.252. The molecule has 0 aliphatic heterocycles. The minimum Gasteiger partial charge on any atom is -0.337 e. The predicted molar refractivity (Wildman–Crippen MR) is 86.8 cm³/mol. The second-order valence-corrected chi connectivity index (χ2v) is 5.46. The molecule has 0 aliphatic rings. The Morgan fingerprint density at radius 1 is 1.33 bits per heavy atom. The summed E-state index contributed by atoms with van der Waals surface area (Å²) < 4.78 is 0. The summed E-state index contributed by atoms with van der Waals surface area (Å²) in [7, 11) is 1.92. The van der Waals surface area contributed by atoms with Crippen LogP contribution in [0.15, 0.2) is 35.2 Å². The lowest BCUT2D eigenvalue weighted by Crippen LogP contribution is -2.30. The van der Waals surface area contributed by atoms with Gasteiger partial charge in [-0.05, 0) is 31.7 Å². The molecule has 112 valence electrons. The van der Waals surface area contributed by atoms with E-state index in [0.29, 0.717) is 12.6 Å². The van der Waals surface area contributed by atoms with Crippen LogP contribution in [0.25, 0.3) is 0 Å². The summed E-state index contributed by atoms with van der Waals surface area (Å²) in [6, 6.07) is 7.93. The van der Waals surface area contributed by atoms with E-state index >= 15 is 0 Å². The molecule has 1 unspecified atom stereocenters. The third kappa shape index (κ3) is 4.84. The van der Waals surface area contributed by atoms with Crippen molar-refractivity contribution in [3.8, 4) is 0 Å². The first kappa shape index (κ1) is 15.5. The van der Waals surface area contributed by atoms with Gasteiger partial charge in [0.2, 0.25) is 0 Å². The minimum absolute atomic E-state index is 0.195. The van der Waals surface area contributed by atoms with Gasteiger partial charge in [0, 0.05) is 30.1 Å². The zero-order valence-electron chi connectivity index (χ0n) is 12.2. The molecule has 2 rings (SSSR count).